The van der Waals surface area contributed by atoms with Gasteiger partial charge in [0.2, 0.25) is 17.7 Å². The van der Waals surface area contributed by atoms with Gasteiger partial charge in [-0.25, -0.2) is 0 Å². The summed E-state index contributed by atoms with van der Waals surface area (Å²) in [5.41, 5.74) is 1.22. The van der Waals surface area contributed by atoms with Crippen LogP contribution in [0, 0.1) is 11.8 Å². The lowest BCUT2D eigenvalue weighted by atomic mass is 9.79. The van der Waals surface area contributed by atoms with E-state index in [1.165, 1.54) is 10.5 Å². The fraction of sp³-hybridized carbons (Fsp3) is 0.640. The third-order valence-electron chi connectivity index (χ3n) is 7.63. The number of carbonyl (C=O) groups is 3. The Morgan fingerprint density at radius 2 is 1.68 bits per heavy atom. The predicted molar refractivity (Wildman–Crippen MR) is 124 cm³/mol. The summed E-state index contributed by atoms with van der Waals surface area (Å²) in [5, 5.41) is 3.18. The molecule has 3 unspecified atom stereocenters. The molecule has 168 valence electrons. The van der Waals surface area contributed by atoms with E-state index in [1.54, 1.807) is 11.8 Å². The van der Waals surface area contributed by atoms with Crippen LogP contribution in [0.2, 0.25) is 0 Å². The highest BCUT2D eigenvalue weighted by Gasteiger charge is 2.51. The fourth-order valence-electron chi connectivity index (χ4n) is 5.89. The SMILES string of the molecule is CSCCC(C(=O)NCC1(c2ccccc2)CCCC1)N1C(=O)C2CCCCC2C1=O. The molecule has 5 nitrogen and oxygen atoms in total. The number of nitrogens with one attached hydrogen (secondary N) is 1. The Morgan fingerprint density at radius 1 is 1.06 bits per heavy atom. The highest BCUT2D eigenvalue weighted by atomic mass is 32.2. The number of likely N-dealkylation sites (tertiary alicyclic amines) is 1. The topological polar surface area (TPSA) is 66.5 Å². The number of fused-ring (bicyclic) bond motifs is 1. The molecular weight excluding hydrogens is 408 g/mol. The first-order valence-electron chi connectivity index (χ1n) is 11.8. The number of carbonyl (C=O) groups excluding carboxylic acids is 3. The Balaban J connectivity index is 1.51. The molecule has 1 saturated heterocycles. The van der Waals surface area contributed by atoms with Gasteiger partial charge >= 0.3 is 0 Å². The smallest absolute Gasteiger partial charge is 0.243 e. The molecule has 0 aromatic heterocycles. The van der Waals surface area contributed by atoms with E-state index in [0.29, 0.717) is 13.0 Å². The van der Waals surface area contributed by atoms with Gasteiger partial charge in [0.1, 0.15) is 6.04 Å². The molecule has 1 N–H and O–H groups in total. The van der Waals surface area contributed by atoms with Crippen LogP contribution in [-0.4, -0.2) is 47.2 Å². The Hall–Kier alpha value is -1.82. The number of hydrogen-bond donors (Lipinski definition) is 1. The van der Waals surface area contributed by atoms with E-state index in [9.17, 15) is 14.4 Å². The monoisotopic (exact) mass is 442 g/mol. The summed E-state index contributed by atoms with van der Waals surface area (Å²) in [7, 11) is 0. The van der Waals surface area contributed by atoms with Gasteiger partial charge in [-0.2, -0.15) is 11.8 Å². The molecule has 1 heterocycles. The van der Waals surface area contributed by atoms with Crippen molar-refractivity contribution in [1.29, 1.82) is 0 Å². The van der Waals surface area contributed by atoms with E-state index >= 15 is 0 Å². The number of hydrogen-bond acceptors (Lipinski definition) is 4. The lowest BCUT2D eigenvalue weighted by Gasteiger charge is -2.32. The maximum absolute atomic E-state index is 13.4. The molecule has 3 atom stereocenters. The first kappa shape index (κ1) is 22.4. The van der Waals surface area contributed by atoms with Crippen molar-refractivity contribution in [3.8, 4) is 0 Å². The average Bonchev–Trinajstić information content (AvgIpc) is 3.39. The minimum absolute atomic E-state index is 0.0476. The quantitative estimate of drug-likeness (QED) is 0.620. The zero-order valence-electron chi connectivity index (χ0n) is 18.5. The van der Waals surface area contributed by atoms with Crippen LogP contribution in [0.1, 0.15) is 63.4 Å². The number of nitrogens with zero attached hydrogens (tertiary/aromatic N) is 1. The molecule has 2 saturated carbocycles. The molecule has 1 aromatic carbocycles. The van der Waals surface area contributed by atoms with Crippen molar-refractivity contribution in [2.75, 3.05) is 18.6 Å². The minimum Gasteiger partial charge on any atom is -0.353 e. The molecule has 1 aromatic rings. The Bertz CT molecular complexity index is 782. The first-order valence-corrected chi connectivity index (χ1v) is 13.2. The van der Waals surface area contributed by atoms with Crippen molar-refractivity contribution < 1.29 is 14.4 Å². The van der Waals surface area contributed by atoms with Crippen molar-refractivity contribution in [2.24, 2.45) is 11.8 Å². The lowest BCUT2D eigenvalue weighted by molar-refractivity contribution is -0.148. The number of imide groups is 1. The van der Waals surface area contributed by atoms with Gasteiger partial charge in [0.25, 0.3) is 0 Å². The van der Waals surface area contributed by atoms with E-state index < -0.39 is 6.04 Å². The number of benzene rings is 1. The molecule has 3 aliphatic rings. The first-order chi connectivity index (χ1) is 15.1. The van der Waals surface area contributed by atoms with Gasteiger partial charge in [-0.3, -0.25) is 19.3 Å². The third kappa shape index (κ3) is 4.41. The second kappa shape index (κ2) is 9.76. The second-order valence-corrected chi connectivity index (χ2v) is 10.4. The summed E-state index contributed by atoms with van der Waals surface area (Å²) >= 11 is 1.64. The van der Waals surface area contributed by atoms with Crippen molar-refractivity contribution in [1.82, 2.24) is 10.2 Å². The van der Waals surface area contributed by atoms with E-state index in [1.807, 2.05) is 12.3 Å². The van der Waals surface area contributed by atoms with Gasteiger partial charge < -0.3 is 5.32 Å². The largest absolute Gasteiger partial charge is 0.353 e. The molecule has 6 heteroatoms. The van der Waals surface area contributed by atoms with Gasteiger partial charge in [-0.1, -0.05) is 56.0 Å². The van der Waals surface area contributed by atoms with Crippen LogP contribution in [-0.2, 0) is 19.8 Å². The Kier molecular flexibility index (Phi) is 7.05. The van der Waals surface area contributed by atoms with Crippen LogP contribution in [0.4, 0.5) is 0 Å². The summed E-state index contributed by atoms with van der Waals surface area (Å²) in [6, 6.07) is 9.76. The summed E-state index contributed by atoms with van der Waals surface area (Å²) < 4.78 is 0. The molecule has 2 aliphatic carbocycles. The molecule has 0 radical (unpaired) electrons. The van der Waals surface area contributed by atoms with Gasteiger partial charge in [0.15, 0.2) is 0 Å². The van der Waals surface area contributed by atoms with E-state index in [4.69, 9.17) is 0 Å². The molecule has 1 aliphatic heterocycles. The third-order valence-corrected chi connectivity index (χ3v) is 8.28. The van der Waals surface area contributed by atoms with Crippen LogP contribution in [0.3, 0.4) is 0 Å². The maximum Gasteiger partial charge on any atom is 0.243 e. The highest BCUT2D eigenvalue weighted by molar-refractivity contribution is 7.98. The normalized spacial score (nSPS) is 26.0. The summed E-state index contributed by atoms with van der Waals surface area (Å²) in [6.45, 7) is 0.564. The summed E-state index contributed by atoms with van der Waals surface area (Å²) in [4.78, 5) is 41.0. The summed E-state index contributed by atoms with van der Waals surface area (Å²) in [5.74, 6) is -0.0812. The van der Waals surface area contributed by atoms with E-state index in [2.05, 4.69) is 29.6 Å². The highest BCUT2D eigenvalue weighted by Crippen LogP contribution is 2.41. The van der Waals surface area contributed by atoms with Crippen molar-refractivity contribution >= 4 is 29.5 Å². The van der Waals surface area contributed by atoms with Gasteiger partial charge in [0, 0.05) is 12.0 Å². The van der Waals surface area contributed by atoms with E-state index in [-0.39, 0.29) is 35.0 Å². The van der Waals surface area contributed by atoms with E-state index in [0.717, 1.165) is 57.1 Å². The van der Waals surface area contributed by atoms with Crippen LogP contribution >= 0.6 is 11.8 Å². The molecule has 3 fully saturated rings. The van der Waals surface area contributed by atoms with Gasteiger partial charge in [-0.15, -0.1) is 0 Å². The van der Waals surface area contributed by atoms with Crippen molar-refractivity contribution in [3.63, 3.8) is 0 Å². The molecule has 0 bridgehead atoms. The molecular formula is C25H34N2O3S. The number of amides is 3. The number of rotatable bonds is 8. The van der Waals surface area contributed by atoms with Crippen LogP contribution < -0.4 is 5.32 Å². The molecule has 3 amide bonds. The lowest BCUT2D eigenvalue weighted by Crippen LogP contribution is -2.52. The molecule has 4 rings (SSSR count). The average molecular weight is 443 g/mol. The second-order valence-electron chi connectivity index (χ2n) is 9.41. The van der Waals surface area contributed by atoms with Crippen LogP contribution in [0.5, 0.6) is 0 Å². The summed E-state index contributed by atoms with van der Waals surface area (Å²) in [6.07, 6.45) is 10.5. The standard InChI is InChI=1S/C25H34N2O3S/c1-31-16-13-21(27-23(29)19-11-5-6-12-20(19)24(27)30)22(28)26-17-25(14-7-8-15-25)18-9-3-2-4-10-18/h2-4,9-10,19-21H,5-8,11-17H2,1H3,(H,26,28). The zero-order chi connectivity index (χ0) is 21.8. The van der Waals surface area contributed by atoms with Gasteiger partial charge in [-0.05, 0) is 49.7 Å². The van der Waals surface area contributed by atoms with Crippen LogP contribution in [0.15, 0.2) is 30.3 Å². The molecule has 0 spiro atoms. The van der Waals surface area contributed by atoms with Gasteiger partial charge in [0.05, 0.1) is 11.8 Å². The molecule has 31 heavy (non-hydrogen) atoms. The predicted octanol–water partition coefficient (Wildman–Crippen LogP) is 3.91. The number of thioether (sulfide) groups is 1. The Labute approximate surface area is 189 Å². The Morgan fingerprint density at radius 3 is 2.26 bits per heavy atom. The van der Waals surface area contributed by atoms with Crippen molar-refractivity contribution in [3.05, 3.63) is 35.9 Å². The van der Waals surface area contributed by atoms with Crippen molar-refractivity contribution in [2.45, 2.75) is 69.2 Å². The fourth-order valence-corrected chi connectivity index (χ4v) is 6.35. The van der Waals surface area contributed by atoms with Crippen LogP contribution in [0.25, 0.3) is 0 Å². The zero-order valence-corrected chi connectivity index (χ0v) is 19.3. The maximum atomic E-state index is 13.4. The minimum atomic E-state index is -0.688.